The van der Waals surface area contributed by atoms with Gasteiger partial charge in [-0.2, -0.15) is 9.57 Å². The van der Waals surface area contributed by atoms with Crippen molar-refractivity contribution in [2.24, 2.45) is 0 Å². The zero-order valence-corrected chi connectivity index (χ0v) is 12.4. The number of piperazine rings is 1. The van der Waals surface area contributed by atoms with E-state index >= 15 is 0 Å². The van der Waals surface area contributed by atoms with Gasteiger partial charge in [0.05, 0.1) is 12.2 Å². The van der Waals surface area contributed by atoms with Gasteiger partial charge in [-0.25, -0.2) is 8.42 Å². The van der Waals surface area contributed by atoms with E-state index < -0.39 is 10.0 Å². The maximum Gasteiger partial charge on any atom is 0.244 e. The number of aliphatic hydroxyl groups excluding tert-OH is 1. The maximum absolute atomic E-state index is 12.6. The number of hydrogen-bond donors (Lipinski definition) is 2. The van der Waals surface area contributed by atoms with Gasteiger partial charge in [0, 0.05) is 38.4 Å². The maximum atomic E-state index is 12.6. The summed E-state index contributed by atoms with van der Waals surface area (Å²) in [4.78, 5) is 2.00. The van der Waals surface area contributed by atoms with Crippen LogP contribution in [0.3, 0.4) is 0 Å². The molecule has 7 nitrogen and oxygen atoms in total. The Balaban J connectivity index is 2.22. The molecule has 1 aromatic carbocycles. The van der Waals surface area contributed by atoms with E-state index in [4.69, 9.17) is 16.1 Å². The van der Waals surface area contributed by atoms with Gasteiger partial charge in [-0.05, 0) is 18.2 Å². The van der Waals surface area contributed by atoms with Crippen LogP contribution in [0, 0.1) is 11.3 Å². The van der Waals surface area contributed by atoms with Gasteiger partial charge in [0.25, 0.3) is 0 Å². The fourth-order valence-electron chi connectivity index (χ4n) is 2.33. The third kappa shape index (κ3) is 3.33. The highest BCUT2D eigenvalue weighted by molar-refractivity contribution is 7.89. The Bertz CT molecular complexity index is 646. The second-order valence-electron chi connectivity index (χ2n) is 4.84. The van der Waals surface area contributed by atoms with E-state index in [0.29, 0.717) is 38.4 Å². The minimum atomic E-state index is -3.69. The number of benzene rings is 1. The third-order valence-electron chi connectivity index (χ3n) is 3.49. The van der Waals surface area contributed by atoms with Crippen LogP contribution in [0.5, 0.6) is 0 Å². The Morgan fingerprint density at radius 1 is 1.29 bits per heavy atom. The minimum Gasteiger partial charge on any atom is -0.399 e. The molecule has 1 heterocycles. The number of nitriles is 1. The topological polar surface area (TPSA) is 111 Å². The molecule has 0 amide bonds. The van der Waals surface area contributed by atoms with Gasteiger partial charge in [0.1, 0.15) is 11.0 Å². The van der Waals surface area contributed by atoms with Crippen molar-refractivity contribution >= 4 is 15.7 Å². The Morgan fingerprint density at radius 3 is 2.52 bits per heavy atom. The van der Waals surface area contributed by atoms with Crippen molar-refractivity contribution < 1.29 is 13.5 Å². The van der Waals surface area contributed by atoms with E-state index in [0.717, 1.165) is 0 Å². The molecule has 1 saturated heterocycles. The number of sulfonamides is 1. The van der Waals surface area contributed by atoms with E-state index in [1.54, 1.807) is 0 Å². The number of rotatable bonds is 4. The summed E-state index contributed by atoms with van der Waals surface area (Å²) in [6.45, 7) is 2.42. The van der Waals surface area contributed by atoms with Crippen LogP contribution in [0.25, 0.3) is 0 Å². The molecule has 0 bridgehead atoms. The van der Waals surface area contributed by atoms with Crippen molar-refractivity contribution in [2.75, 3.05) is 45.1 Å². The average molecular weight is 310 g/mol. The smallest absolute Gasteiger partial charge is 0.244 e. The fraction of sp³-hybridized carbons (Fsp3) is 0.462. The number of nitrogen functional groups attached to an aromatic ring is 1. The molecule has 21 heavy (non-hydrogen) atoms. The summed E-state index contributed by atoms with van der Waals surface area (Å²) < 4.78 is 26.6. The molecular weight excluding hydrogens is 292 g/mol. The summed E-state index contributed by atoms with van der Waals surface area (Å²) in [5.41, 5.74) is 6.01. The minimum absolute atomic E-state index is 0.00481. The number of anilines is 1. The highest BCUT2D eigenvalue weighted by Crippen LogP contribution is 2.23. The lowest BCUT2D eigenvalue weighted by Crippen LogP contribution is -2.49. The van der Waals surface area contributed by atoms with E-state index in [1.165, 1.54) is 22.5 Å². The fourth-order valence-corrected chi connectivity index (χ4v) is 3.88. The van der Waals surface area contributed by atoms with E-state index in [2.05, 4.69) is 0 Å². The second-order valence-corrected chi connectivity index (χ2v) is 6.74. The van der Waals surface area contributed by atoms with Crippen LogP contribution in [-0.2, 0) is 10.0 Å². The van der Waals surface area contributed by atoms with Crippen LogP contribution in [-0.4, -0.2) is 62.1 Å². The summed E-state index contributed by atoms with van der Waals surface area (Å²) >= 11 is 0. The first kappa shape index (κ1) is 15.7. The molecular formula is C13H18N4O3S. The van der Waals surface area contributed by atoms with Gasteiger partial charge < -0.3 is 10.8 Å². The Hall–Kier alpha value is -1.66. The predicted molar refractivity (Wildman–Crippen MR) is 77.9 cm³/mol. The van der Waals surface area contributed by atoms with E-state index in [1.807, 2.05) is 11.0 Å². The molecule has 114 valence electrons. The van der Waals surface area contributed by atoms with Crippen molar-refractivity contribution in [1.82, 2.24) is 9.21 Å². The molecule has 1 aliphatic heterocycles. The van der Waals surface area contributed by atoms with Crippen molar-refractivity contribution in [3.63, 3.8) is 0 Å². The van der Waals surface area contributed by atoms with Crippen LogP contribution in [0.2, 0.25) is 0 Å². The Kier molecular flexibility index (Phi) is 4.80. The van der Waals surface area contributed by atoms with Crippen LogP contribution >= 0.6 is 0 Å². The molecule has 0 spiro atoms. The molecule has 0 aromatic heterocycles. The third-order valence-corrected chi connectivity index (χ3v) is 5.45. The van der Waals surface area contributed by atoms with Gasteiger partial charge in [0.15, 0.2) is 0 Å². The Labute approximate surface area is 124 Å². The van der Waals surface area contributed by atoms with E-state index in [-0.39, 0.29) is 17.1 Å². The number of nitrogens with zero attached hydrogens (tertiary/aromatic N) is 3. The number of aliphatic hydroxyl groups is 1. The SMILES string of the molecule is N#Cc1cc(N)ccc1S(=O)(=O)N1CCN(CCO)CC1. The highest BCUT2D eigenvalue weighted by atomic mass is 32.2. The number of hydrogen-bond acceptors (Lipinski definition) is 6. The molecule has 0 radical (unpaired) electrons. The summed E-state index contributed by atoms with van der Waals surface area (Å²) in [6, 6.07) is 6.11. The molecule has 3 N–H and O–H groups in total. The summed E-state index contributed by atoms with van der Waals surface area (Å²) in [6.07, 6.45) is 0. The van der Waals surface area contributed by atoms with Crippen molar-refractivity contribution in [3.05, 3.63) is 23.8 Å². The van der Waals surface area contributed by atoms with Crippen LogP contribution in [0.4, 0.5) is 5.69 Å². The summed E-state index contributed by atoms with van der Waals surface area (Å²) in [5.74, 6) is 0. The molecule has 0 unspecified atom stereocenters. The summed E-state index contributed by atoms with van der Waals surface area (Å²) in [7, 11) is -3.69. The monoisotopic (exact) mass is 310 g/mol. The molecule has 0 saturated carbocycles. The summed E-state index contributed by atoms with van der Waals surface area (Å²) in [5, 5.41) is 18.0. The number of nitrogens with two attached hydrogens (primary N) is 1. The Morgan fingerprint density at radius 2 is 1.95 bits per heavy atom. The van der Waals surface area contributed by atoms with Crippen LogP contribution in [0.15, 0.2) is 23.1 Å². The number of β-amino-alcohol motifs (C(OH)–C–C–N with tert-alkyl or cyclic N) is 1. The van der Waals surface area contributed by atoms with Crippen LogP contribution in [0.1, 0.15) is 5.56 Å². The molecule has 1 fully saturated rings. The van der Waals surface area contributed by atoms with Gasteiger partial charge in [-0.3, -0.25) is 4.90 Å². The first-order valence-corrected chi connectivity index (χ1v) is 8.06. The van der Waals surface area contributed by atoms with Gasteiger partial charge in [-0.15, -0.1) is 0 Å². The lowest BCUT2D eigenvalue weighted by atomic mass is 10.2. The second kappa shape index (κ2) is 6.41. The normalized spacial score (nSPS) is 17.5. The van der Waals surface area contributed by atoms with Gasteiger partial charge >= 0.3 is 0 Å². The molecule has 1 aliphatic rings. The molecule has 0 atom stereocenters. The van der Waals surface area contributed by atoms with E-state index in [9.17, 15) is 8.42 Å². The van der Waals surface area contributed by atoms with Gasteiger partial charge in [-0.1, -0.05) is 0 Å². The van der Waals surface area contributed by atoms with Gasteiger partial charge in [0.2, 0.25) is 10.0 Å². The first-order valence-electron chi connectivity index (χ1n) is 6.62. The van der Waals surface area contributed by atoms with Crippen molar-refractivity contribution in [3.8, 4) is 6.07 Å². The lowest BCUT2D eigenvalue weighted by Gasteiger charge is -2.33. The van der Waals surface area contributed by atoms with Crippen molar-refractivity contribution in [2.45, 2.75) is 4.90 Å². The van der Waals surface area contributed by atoms with Crippen LogP contribution < -0.4 is 5.73 Å². The predicted octanol–water partition coefficient (Wildman–Crippen LogP) is -0.561. The first-order chi connectivity index (χ1) is 9.98. The molecule has 0 aliphatic carbocycles. The molecule has 2 rings (SSSR count). The zero-order chi connectivity index (χ0) is 15.5. The average Bonchev–Trinajstić information content (AvgIpc) is 2.47. The molecule has 8 heteroatoms. The largest absolute Gasteiger partial charge is 0.399 e. The van der Waals surface area contributed by atoms with Crippen molar-refractivity contribution in [1.29, 1.82) is 5.26 Å². The molecule has 1 aromatic rings. The lowest BCUT2D eigenvalue weighted by molar-refractivity contribution is 0.151. The highest BCUT2D eigenvalue weighted by Gasteiger charge is 2.30. The zero-order valence-electron chi connectivity index (χ0n) is 11.6. The standard InChI is InChI=1S/C13H18N4O3S/c14-10-11-9-12(15)1-2-13(11)21(19,20)17-5-3-16(4-6-17)7-8-18/h1-2,9,18H,3-8,15H2. The quantitative estimate of drug-likeness (QED) is 0.721.